The van der Waals surface area contributed by atoms with E-state index in [4.69, 9.17) is 0 Å². The molecule has 1 aromatic heterocycles. The minimum Gasteiger partial charge on any atom is -0.355 e. The van der Waals surface area contributed by atoms with E-state index in [1.54, 1.807) is 18.4 Å². The molecule has 1 aromatic carbocycles. The molecule has 0 radical (unpaired) electrons. The predicted molar refractivity (Wildman–Crippen MR) is 81.9 cm³/mol. The van der Waals surface area contributed by atoms with E-state index in [-0.39, 0.29) is 11.9 Å². The Morgan fingerprint density at radius 2 is 2.05 bits per heavy atom. The van der Waals surface area contributed by atoms with Crippen LogP contribution in [0.2, 0.25) is 0 Å². The number of carbonyl (C=O) groups excluding carboxylic acids is 1. The Morgan fingerprint density at radius 1 is 1.35 bits per heavy atom. The third-order valence-corrected chi connectivity index (χ3v) is 4.16. The maximum atomic E-state index is 11.4. The van der Waals surface area contributed by atoms with Gasteiger partial charge >= 0.3 is 0 Å². The van der Waals surface area contributed by atoms with Crippen molar-refractivity contribution >= 4 is 17.2 Å². The maximum Gasteiger partial charge on any atom is 0.251 e. The van der Waals surface area contributed by atoms with Gasteiger partial charge < -0.3 is 10.6 Å². The Hall–Kier alpha value is -1.72. The highest BCUT2D eigenvalue weighted by atomic mass is 32.1. The number of amides is 1. The molecule has 1 unspecified atom stereocenters. The first-order valence-corrected chi connectivity index (χ1v) is 7.38. The number of benzene rings is 1. The molecule has 0 aliphatic carbocycles. The minimum absolute atomic E-state index is 0.0591. The van der Waals surface area contributed by atoms with E-state index in [1.807, 2.05) is 30.5 Å². The molecule has 4 nitrogen and oxygen atoms in total. The lowest BCUT2D eigenvalue weighted by molar-refractivity contribution is 0.0963. The van der Waals surface area contributed by atoms with E-state index in [9.17, 15) is 4.79 Å². The Labute approximate surface area is 123 Å². The largest absolute Gasteiger partial charge is 0.355 e. The van der Waals surface area contributed by atoms with Crippen molar-refractivity contribution in [2.45, 2.75) is 26.4 Å². The zero-order valence-corrected chi connectivity index (χ0v) is 12.8. The van der Waals surface area contributed by atoms with Crippen molar-refractivity contribution in [1.29, 1.82) is 0 Å². The molecule has 1 atom stereocenters. The smallest absolute Gasteiger partial charge is 0.251 e. The summed E-state index contributed by atoms with van der Waals surface area (Å²) in [4.78, 5) is 17.0. The monoisotopic (exact) mass is 289 g/mol. The standard InChI is InChI=1S/C15H19N3OS/c1-10-8-18-15(20-10)11(2)17-9-12-4-6-13(7-5-12)14(19)16-3/h4-8,11,17H,9H2,1-3H3,(H,16,19). The molecule has 2 rings (SSSR count). The number of hydrogen-bond acceptors (Lipinski definition) is 4. The van der Waals surface area contributed by atoms with Crippen LogP contribution >= 0.6 is 11.3 Å². The number of hydrogen-bond donors (Lipinski definition) is 2. The quantitative estimate of drug-likeness (QED) is 0.889. The van der Waals surface area contributed by atoms with Crippen LogP contribution in [-0.4, -0.2) is 17.9 Å². The molecule has 0 aliphatic heterocycles. The van der Waals surface area contributed by atoms with E-state index >= 15 is 0 Å². The Bertz CT molecular complexity index is 577. The molecular weight excluding hydrogens is 270 g/mol. The predicted octanol–water partition coefficient (Wildman–Crippen LogP) is 2.66. The van der Waals surface area contributed by atoms with Crippen LogP contribution in [0.1, 0.15) is 38.8 Å². The van der Waals surface area contributed by atoms with E-state index in [0.29, 0.717) is 5.56 Å². The first-order chi connectivity index (χ1) is 9.60. The maximum absolute atomic E-state index is 11.4. The van der Waals surface area contributed by atoms with Gasteiger partial charge in [0, 0.05) is 30.2 Å². The average Bonchev–Trinajstić information content (AvgIpc) is 2.91. The van der Waals surface area contributed by atoms with Crippen LogP contribution in [0.25, 0.3) is 0 Å². The summed E-state index contributed by atoms with van der Waals surface area (Å²) in [5.41, 5.74) is 1.83. The highest BCUT2D eigenvalue weighted by molar-refractivity contribution is 7.11. The second-order valence-electron chi connectivity index (χ2n) is 4.69. The van der Waals surface area contributed by atoms with Crippen molar-refractivity contribution in [3.8, 4) is 0 Å². The molecule has 0 saturated heterocycles. The molecule has 2 N–H and O–H groups in total. The SMILES string of the molecule is CNC(=O)c1ccc(CNC(C)c2ncc(C)s2)cc1. The van der Waals surface area contributed by atoms with Crippen LogP contribution < -0.4 is 10.6 Å². The Morgan fingerprint density at radius 3 is 2.60 bits per heavy atom. The van der Waals surface area contributed by atoms with Crippen LogP contribution in [0.4, 0.5) is 0 Å². The second kappa shape index (κ2) is 6.63. The normalized spacial score (nSPS) is 12.2. The Kier molecular flexibility index (Phi) is 4.87. The fourth-order valence-corrected chi connectivity index (χ4v) is 2.65. The number of rotatable bonds is 5. The van der Waals surface area contributed by atoms with Crippen LogP contribution in [0.5, 0.6) is 0 Å². The van der Waals surface area contributed by atoms with Crippen LogP contribution in [-0.2, 0) is 6.54 Å². The van der Waals surface area contributed by atoms with Crippen molar-refractivity contribution < 1.29 is 4.79 Å². The van der Waals surface area contributed by atoms with Gasteiger partial charge in [-0.1, -0.05) is 12.1 Å². The number of thiazole rings is 1. The molecular formula is C15H19N3OS. The first-order valence-electron chi connectivity index (χ1n) is 6.57. The van der Waals surface area contributed by atoms with Gasteiger partial charge in [0.15, 0.2) is 0 Å². The third-order valence-electron chi connectivity index (χ3n) is 3.07. The zero-order chi connectivity index (χ0) is 14.5. The van der Waals surface area contributed by atoms with Crippen molar-refractivity contribution in [1.82, 2.24) is 15.6 Å². The van der Waals surface area contributed by atoms with Crippen molar-refractivity contribution in [2.24, 2.45) is 0 Å². The van der Waals surface area contributed by atoms with E-state index in [1.165, 1.54) is 4.88 Å². The summed E-state index contributed by atoms with van der Waals surface area (Å²) in [5.74, 6) is -0.0591. The van der Waals surface area contributed by atoms with Gasteiger partial charge in [-0.2, -0.15) is 0 Å². The summed E-state index contributed by atoms with van der Waals surface area (Å²) >= 11 is 1.71. The van der Waals surface area contributed by atoms with Crippen molar-refractivity contribution in [3.63, 3.8) is 0 Å². The fraction of sp³-hybridized carbons (Fsp3) is 0.333. The van der Waals surface area contributed by atoms with Gasteiger partial charge in [-0.25, -0.2) is 4.98 Å². The minimum atomic E-state index is -0.0591. The molecule has 2 aromatic rings. The second-order valence-corrected chi connectivity index (χ2v) is 5.95. The summed E-state index contributed by atoms with van der Waals surface area (Å²) in [6.45, 7) is 4.93. The summed E-state index contributed by atoms with van der Waals surface area (Å²) in [7, 11) is 1.63. The number of aromatic nitrogens is 1. The van der Waals surface area contributed by atoms with E-state index < -0.39 is 0 Å². The summed E-state index contributed by atoms with van der Waals surface area (Å²) in [5, 5.41) is 7.15. The Balaban J connectivity index is 1.92. The fourth-order valence-electron chi connectivity index (χ4n) is 1.85. The zero-order valence-electron chi connectivity index (χ0n) is 11.9. The lowest BCUT2D eigenvalue weighted by atomic mass is 10.1. The number of nitrogens with zero attached hydrogens (tertiary/aromatic N) is 1. The lowest BCUT2D eigenvalue weighted by Crippen LogP contribution is -2.19. The molecule has 0 fully saturated rings. The van der Waals surface area contributed by atoms with Gasteiger partial charge in [0.05, 0.1) is 6.04 Å². The molecule has 0 bridgehead atoms. The highest BCUT2D eigenvalue weighted by Crippen LogP contribution is 2.19. The van der Waals surface area contributed by atoms with Gasteiger partial charge in [-0.3, -0.25) is 4.79 Å². The van der Waals surface area contributed by atoms with Gasteiger partial charge in [-0.15, -0.1) is 11.3 Å². The van der Waals surface area contributed by atoms with Crippen molar-refractivity contribution in [2.75, 3.05) is 7.05 Å². The molecule has 5 heteroatoms. The highest BCUT2D eigenvalue weighted by Gasteiger charge is 2.09. The van der Waals surface area contributed by atoms with Crippen LogP contribution in [0, 0.1) is 6.92 Å². The molecule has 20 heavy (non-hydrogen) atoms. The lowest BCUT2D eigenvalue weighted by Gasteiger charge is -2.11. The van der Waals surface area contributed by atoms with Gasteiger partial charge in [0.25, 0.3) is 5.91 Å². The van der Waals surface area contributed by atoms with E-state index in [0.717, 1.165) is 17.1 Å². The van der Waals surface area contributed by atoms with Gasteiger partial charge in [0.1, 0.15) is 5.01 Å². The summed E-state index contributed by atoms with van der Waals surface area (Å²) < 4.78 is 0. The number of nitrogens with one attached hydrogen (secondary N) is 2. The molecule has 0 spiro atoms. The van der Waals surface area contributed by atoms with Crippen molar-refractivity contribution in [3.05, 3.63) is 51.5 Å². The molecule has 1 heterocycles. The van der Waals surface area contributed by atoms with Gasteiger partial charge in [-0.05, 0) is 31.5 Å². The number of carbonyl (C=O) groups is 1. The average molecular weight is 289 g/mol. The third kappa shape index (κ3) is 3.65. The number of aryl methyl sites for hydroxylation is 1. The first kappa shape index (κ1) is 14.7. The molecule has 106 valence electrons. The molecule has 1 amide bonds. The molecule has 0 aliphatic rings. The summed E-state index contributed by atoms with van der Waals surface area (Å²) in [6, 6.07) is 7.85. The van der Waals surface area contributed by atoms with Crippen LogP contribution in [0.3, 0.4) is 0 Å². The molecule has 0 saturated carbocycles. The topological polar surface area (TPSA) is 54.0 Å². The van der Waals surface area contributed by atoms with E-state index in [2.05, 4.69) is 29.5 Å². The van der Waals surface area contributed by atoms with Crippen LogP contribution in [0.15, 0.2) is 30.5 Å². The summed E-state index contributed by atoms with van der Waals surface area (Å²) in [6.07, 6.45) is 1.90. The van der Waals surface area contributed by atoms with Gasteiger partial charge in [0.2, 0.25) is 0 Å².